The summed E-state index contributed by atoms with van der Waals surface area (Å²) in [5.41, 5.74) is 2.54. The van der Waals surface area contributed by atoms with Crippen molar-refractivity contribution in [3.05, 3.63) is 48.4 Å². The molecule has 0 unspecified atom stereocenters. The van der Waals surface area contributed by atoms with Crippen molar-refractivity contribution >= 4 is 11.7 Å². The number of hydrogen-bond donors (Lipinski definition) is 1. The highest BCUT2D eigenvalue weighted by Crippen LogP contribution is 2.26. The second-order valence-corrected chi connectivity index (χ2v) is 7.30. The van der Waals surface area contributed by atoms with Crippen LogP contribution in [0.4, 0.5) is 10.5 Å². The standard InChI is InChI=1S/C20H24N6O2/c1-14-5-6-17(19-24-23-15(2)28-19)10-18(14)22-20(27)26-8-3-4-16(12-26)11-25-9-7-21-13-25/h5-7,9-10,13,16H,3-4,8,11-12H2,1-2H3,(H,22,27)/t16-/m0/s1. The van der Waals surface area contributed by atoms with Gasteiger partial charge in [0.15, 0.2) is 0 Å². The number of aryl methyl sites for hydroxylation is 2. The predicted octanol–water partition coefficient (Wildman–Crippen LogP) is 3.49. The monoisotopic (exact) mass is 380 g/mol. The molecule has 1 aromatic carbocycles. The molecule has 2 amide bonds. The van der Waals surface area contributed by atoms with E-state index in [1.165, 1.54) is 0 Å². The number of hydrogen-bond acceptors (Lipinski definition) is 5. The Hall–Kier alpha value is -3.16. The number of imidazole rings is 1. The summed E-state index contributed by atoms with van der Waals surface area (Å²) in [5, 5.41) is 11.0. The van der Waals surface area contributed by atoms with E-state index in [0.717, 1.165) is 49.3 Å². The number of carbonyl (C=O) groups is 1. The van der Waals surface area contributed by atoms with Crippen LogP contribution in [0.2, 0.25) is 0 Å². The third-order valence-corrected chi connectivity index (χ3v) is 5.09. The van der Waals surface area contributed by atoms with E-state index < -0.39 is 0 Å². The van der Waals surface area contributed by atoms with E-state index in [0.29, 0.717) is 17.7 Å². The maximum Gasteiger partial charge on any atom is 0.321 e. The number of amides is 2. The predicted molar refractivity (Wildman–Crippen MR) is 105 cm³/mol. The molecule has 1 atom stereocenters. The Labute approximate surface area is 163 Å². The van der Waals surface area contributed by atoms with Crippen molar-refractivity contribution in [3.63, 3.8) is 0 Å². The summed E-state index contributed by atoms with van der Waals surface area (Å²) < 4.78 is 7.57. The fourth-order valence-electron chi connectivity index (χ4n) is 3.59. The Bertz CT molecular complexity index is 950. The highest BCUT2D eigenvalue weighted by atomic mass is 16.4. The van der Waals surface area contributed by atoms with Gasteiger partial charge >= 0.3 is 6.03 Å². The van der Waals surface area contributed by atoms with Crippen LogP contribution in [0.5, 0.6) is 0 Å². The number of urea groups is 1. The molecule has 1 aliphatic rings. The lowest BCUT2D eigenvalue weighted by Crippen LogP contribution is -2.43. The van der Waals surface area contributed by atoms with Gasteiger partial charge in [-0.15, -0.1) is 10.2 Å². The lowest BCUT2D eigenvalue weighted by molar-refractivity contribution is 0.170. The third kappa shape index (κ3) is 4.05. The Kier molecular flexibility index (Phi) is 5.10. The highest BCUT2D eigenvalue weighted by molar-refractivity contribution is 5.91. The first-order valence-electron chi connectivity index (χ1n) is 9.51. The van der Waals surface area contributed by atoms with Crippen LogP contribution < -0.4 is 5.32 Å². The Balaban J connectivity index is 1.44. The fourth-order valence-corrected chi connectivity index (χ4v) is 3.59. The summed E-state index contributed by atoms with van der Waals surface area (Å²) in [6, 6.07) is 5.67. The van der Waals surface area contributed by atoms with Gasteiger partial charge in [-0.3, -0.25) is 0 Å². The van der Waals surface area contributed by atoms with Crippen LogP contribution in [0.1, 0.15) is 24.3 Å². The van der Waals surface area contributed by atoms with Crippen molar-refractivity contribution in [1.82, 2.24) is 24.6 Å². The van der Waals surface area contributed by atoms with Crippen LogP contribution in [0.3, 0.4) is 0 Å². The second-order valence-electron chi connectivity index (χ2n) is 7.30. The van der Waals surface area contributed by atoms with E-state index in [-0.39, 0.29) is 6.03 Å². The van der Waals surface area contributed by atoms with E-state index in [9.17, 15) is 4.79 Å². The summed E-state index contributed by atoms with van der Waals surface area (Å²) in [6.45, 7) is 6.12. The average molecular weight is 380 g/mol. The van der Waals surface area contributed by atoms with Gasteiger partial charge in [-0.25, -0.2) is 9.78 Å². The first-order valence-corrected chi connectivity index (χ1v) is 9.51. The van der Waals surface area contributed by atoms with Crippen LogP contribution in [0, 0.1) is 19.8 Å². The van der Waals surface area contributed by atoms with Gasteiger partial charge in [-0.1, -0.05) is 6.07 Å². The molecular formula is C20H24N6O2. The molecule has 2 aromatic heterocycles. The molecule has 1 saturated heterocycles. The summed E-state index contributed by atoms with van der Waals surface area (Å²) in [5.74, 6) is 1.40. The first kappa shape index (κ1) is 18.2. The van der Waals surface area contributed by atoms with Crippen molar-refractivity contribution in [1.29, 1.82) is 0 Å². The maximum atomic E-state index is 12.9. The molecule has 1 N–H and O–H groups in total. The molecule has 3 aromatic rings. The number of rotatable bonds is 4. The number of anilines is 1. The molecule has 3 heterocycles. The van der Waals surface area contributed by atoms with Gasteiger partial charge in [0, 0.05) is 50.2 Å². The van der Waals surface area contributed by atoms with Crippen LogP contribution in [-0.4, -0.2) is 43.8 Å². The van der Waals surface area contributed by atoms with E-state index >= 15 is 0 Å². The summed E-state index contributed by atoms with van der Waals surface area (Å²) in [4.78, 5) is 18.9. The van der Waals surface area contributed by atoms with Crippen LogP contribution in [-0.2, 0) is 6.54 Å². The van der Waals surface area contributed by atoms with E-state index in [4.69, 9.17) is 4.42 Å². The number of benzene rings is 1. The van der Waals surface area contributed by atoms with Crippen molar-refractivity contribution in [2.45, 2.75) is 33.2 Å². The van der Waals surface area contributed by atoms with Gasteiger partial charge in [-0.2, -0.15) is 0 Å². The van der Waals surface area contributed by atoms with Crippen molar-refractivity contribution < 1.29 is 9.21 Å². The molecule has 0 aliphatic carbocycles. The molecule has 0 spiro atoms. The number of carbonyl (C=O) groups excluding carboxylic acids is 1. The molecule has 146 valence electrons. The molecule has 0 saturated carbocycles. The molecule has 8 heteroatoms. The molecule has 28 heavy (non-hydrogen) atoms. The van der Waals surface area contributed by atoms with E-state index in [2.05, 4.69) is 25.1 Å². The lowest BCUT2D eigenvalue weighted by Gasteiger charge is -2.33. The quantitative estimate of drug-likeness (QED) is 0.748. The zero-order chi connectivity index (χ0) is 19.5. The van der Waals surface area contributed by atoms with Crippen molar-refractivity contribution in [2.75, 3.05) is 18.4 Å². The topological polar surface area (TPSA) is 89.1 Å². The fraction of sp³-hybridized carbons (Fsp3) is 0.400. The minimum atomic E-state index is -0.0720. The zero-order valence-corrected chi connectivity index (χ0v) is 16.1. The second kappa shape index (κ2) is 7.84. The van der Waals surface area contributed by atoms with Crippen molar-refractivity contribution in [3.8, 4) is 11.5 Å². The molecule has 0 bridgehead atoms. The van der Waals surface area contributed by atoms with Gasteiger partial charge in [0.05, 0.1) is 6.33 Å². The minimum Gasteiger partial charge on any atom is -0.421 e. The summed E-state index contributed by atoms with van der Waals surface area (Å²) in [7, 11) is 0. The molecule has 1 fully saturated rings. The largest absolute Gasteiger partial charge is 0.421 e. The highest BCUT2D eigenvalue weighted by Gasteiger charge is 2.24. The lowest BCUT2D eigenvalue weighted by atomic mass is 9.98. The number of nitrogens with one attached hydrogen (secondary N) is 1. The summed E-state index contributed by atoms with van der Waals surface area (Å²) in [6.07, 6.45) is 7.70. The normalized spacial score (nSPS) is 16.9. The SMILES string of the molecule is Cc1nnc(-c2ccc(C)c(NC(=O)N3CCC[C@@H](Cn4ccnc4)C3)c2)o1. The number of likely N-dealkylation sites (tertiary alicyclic amines) is 1. The van der Waals surface area contributed by atoms with Crippen LogP contribution in [0.15, 0.2) is 41.3 Å². The molecule has 1 aliphatic heterocycles. The Morgan fingerprint density at radius 2 is 2.21 bits per heavy atom. The number of aromatic nitrogens is 4. The maximum absolute atomic E-state index is 12.9. The van der Waals surface area contributed by atoms with E-state index in [1.54, 1.807) is 13.1 Å². The minimum absolute atomic E-state index is 0.0720. The third-order valence-electron chi connectivity index (χ3n) is 5.09. The molecule has 0 radical (unpaired) electrons. The van der Waals surface area contributed by atoms with Gasteiger partial charge in [0.2, 0.25) is 11.8 Å². The zero-order valence-electron chi connectivity index (χ0n) is 16.1. The summed E-state index contributed by atoms with van der Waals surface area (Å²) >= 11 is 0. The van der Waals surface area contributed by atoms with E-state index in [1.807, 2.05) is 42.5 Å². The number of nitrogens with zero attached hydrogens (tertiary/aromatic N) is 5. The van der Waals surface area contributed by atoms with Gasteiger partial charge in [0.1, 0.15) is 0 Å². The van der Waals surface area contributed by atoms with Gasteiger partial charge in [-0.05, 0) is 43.4 Å². The van der Waals surface area contributed by atoms with Gasteiger partial charge < -0.3 is 19.2 Å². The first-order chi connectivity index (χ1) is 13.6. The Morgan fingerprint density at radius 1 is 1.32 bits per heavy atom. The average Bonchev–Trinajstić information content (AvgIpc) is 3.35. The van der Waals surface area contributed by atoms with Gasteiger partial charge in [0.25, 0.3) is 0 Å². The number of piperidine rings is 1. The molecular weight excluding hydrogens is 356 g/mol. The molecule has 4 rings (SSSR count). The molecule has 8 nitrogen and oxygen atoms in total. The van der Waals surface area contributed by atoms with Crippen LogP contribution >= 0.6 is 0 Å². The smallest absolute Gasteiger partial charge is 0.321 e. The Morgan fingerprint density at radius 3 is 2.96 bits per heavy atom. The van der Waals surface area contributed by atoms with Crippen molar-refractivity contribution in [2.24, 2.45) is 5.92 Å². The van der Waals surface area contributed by atoms with Crippen LogP contribution in [0.25, 0.3) is 11.5 Å².